The number of benzene rings is 1. The molecule has 2 aromatic heterocycles. The van der Waals surface area contributed by atoms with Crippen molar-refractivity contribution in [3.8, 4) is 5.69 Å². The second-order valence-corrected chi connectivity index (χ2v) is 5.98. The van der Waals surface area contributed by atoms with Crippen molar-refractivity contribution in [2.45, 2.75) is 12.3 Å². The van der Waals surface area contributed by atoms with E-state index in [2.05, 4.69) is 15.3 Å². The second-order valence-electron chi connectivity index (χ2n) is 5.98. The van der Waals surface area contributed by atoms with E-state index < -0.39 is 0 Å². The number of nitrogens with zero attached hydrogens (tertiary/aromatic N) is 3. The average Bonchev–Trinajstić information content (AvgIpc) is 3.11. The van der Waals surface area contributed by atoms with Crippen LogP contribution in [0.3, 0.4) is 0 Å². The monoisotopic (exact) mass is 348 g/mol. The first kappa shape index (κ1) is 16.0. The van der Waals surface area contributed by atoms with Gasteiger partial charge in [-0.25, -0.2) is 9.78 Å². The summed E-state index contributed by atoms with van der Waals surface area (Å²) in [4.78, 5) is 32.5. The Morgan fingerprint density at radius 1 is 1.27 bits per heavy atom. The molecule has 3 aromatic rings. The summed E-state index contributed by atoms with van der Waals surface area (Å²) in [6.07, 6.45) is 5.39. The van der Waals surface area contributed by atoms with Gasteiger partial charge in [-0.1, -0.05) is 12.1 Å². The number of imidazole rings is 1. The van der Waals surface area contributed by atoms with Gasteiger partial charge in [0.25, 0.3) is 0 Å². The summed E-state index contributed by atoms with van der Waals surface area (Å²) in [5.41, 5.74) is 3.00. The number of pyridine rings is 1. The molecular weight excluding hydrogens is 332 g/mol. The van der Waals surface area contributed by atoms with Crippen molar-refractivity contribution in [1.82, 2.24) is 14.5 Å². The molecule has 0 aliphatic carbocycles. The molecule has 1 N–H and O–H groups in total. The van der Waals surface area contributed by atoms with Crippen molar-refractivity contribution in [2.75, 3.05) is 12.4 Å². The second kappa shape index (κ2) is 6.44. The lowest BCUT2D eigenvalue weighted by Gasteiger charge is -2.23. The molecular formula is C19H16N4O3. The minimum Gasteiger partial charge on any atom is -0.465 e. The first-order valence-corrected chi connectivity index (χ1v) is 8.13. The molecule has 1 aliphatic rings. The van der Waals surface area contributed by atoms with Gasteiger partial charge in [-0.3, -0.25) is 14.3 Å². The van der Waals surface area contributed by atoms with Crippen molar-refractivity contribution in [1.29, 1.82) is 0 Å². The number of ether oxygens (including phenoxy) is 1. The predicted molar refractivity (Wildman–Crippen MR) is 94.2 cm³/mol. The molecule has 4 rings (SSSR count). The zero-order chi connectivity index (χ0) is 18.1. The lowest BCUT2D eigenvalue weighted by molar-refractivity contribution is -0.116. The number of esters is 1. The average molecular weight is 348 g/mol. The highest BCUT2D eigenvalue weighted by molar-refractivity contribution is 5.94. The van der Waals surface area contributed by atoms with E-state index in [1.165, 1.54) is 7.11 Å². The van der Waals surface area contributed by atoms with Crippen LogP contribution in [0.2, 0.25) is 0 Å². The first-order chi connectivity index (χ1) is 12.7. The predicted octanol–water partition coefficient (Wildman–Crippen LogP) is 2.53. The van der Waals surface area contributed by atoms with Gasteiger partial charge in [0, 0.05) is 18.5 Å². The fourth-order valence-electron chi connectivity index (χ4n) is 3.14. The summed E-state index contributed by atoms with van der Waals surface area (Å²) < 4.78 is 6.54. The van der Waals surface area contributed by atoms with Crippen molar-refractivity contribution in [2.24, 2.45) is 0 Å². The Labute approximate surface area is 149 Å². The fraction of sp³-hybridized carbons (Fsp3) is 0.158. The third-order valence-corrected chi connectivity index (χ3v) is 4.43. The van der Waals surface area contributed by atoms with Crippen LogP contribution in [0.25, 0.3) is 5.69 Å². The highest BCUT2D eigenvalue weighted by atomic mass is 16.5. The topological polar surface area (TPSA) is 86.1 Å². The minimum absolute atomic E-state index is 0.0785. The molecule has 1 aliphatic heterocycles. The highest BCUT2D eigenvalue weighted by Gasteiger charge is 2.31. The lowest BCUT2D eigenvalue weighted by Crippen LogP contribution is -2.25. The van der Waals surface area contributed by atoms with E-state index in [1.807, 2.05) is 28.8 Å². The fourth-order valence-corrected chi connectivity index (χ4v) is 3.14. The van der Waals surface area contributed by atoms with Crippen LogP contribution < -0.4 is 5.32 Å². The van der Waals surface area contributed by atoms with Crippen LogP contribution in [0.1, 0.15) is 34.0 Å². The number of methoxy groups -OCH3 is 1. The van der Waals surface area contributed by atoms with Crippen LogP contribution >= 0.6 is 0 Å². The van der Waals surface area contributed by atoms with Gasteiger partial charge in [-0.15, -0.1) is 0 Å². The van der Waals surface area contributed by atoms with E-state index in [-0.39, 0.29) is 17.8 Å². The normalized spacial score (nSPS) is 15.9. The summed E-state index contributed by atoms with van der Waals surface area (Å²) in [6, 6.07) is 10.8. The number of fused-ring (bicyclic) bond motifs is 1. The third kappa shape index (κ3) is 2.73. The number of aromatic nitrogens is 3. The maximum Gasteiger partial charge on any atom is 0.337 e. The maximum atomic E-state index is 12.3. The molecule has 26 heavy (non-hydrogen) atoms. The Morgan fingerprint density at radius 3 is 2.77 bits per heavy atom. The largest absolute Gasteiger partial charge is 0.465 e. The van der Waals surface area contributed by atoms with Crippen LogP contribution in [-0.4, -0.2) is 33.5 Å². The molecule has 0 saturated heterocycles. The summed E-state index contributed by atoms with van der Waals surface area (Å²) in [5, 5.41) is 2.91. The molecule has 0 fully saturated rings. The van der Waals surface area contributed by atoms with Crippen LogP contribution in [0.15, 0.2) is 55.1 Å². The number of nitrogens with one attached hydrogen (secondary N) is 1. The van der Waals surface area contributed by atoms with Gasteiger partial charge in [0.05, 0.1) is 30.3 Å². The van der Waals surface area contributed by atoms with E-state index in [0.717, 1.165) is 16.9 Å². The number of amides is 1. The van der Waals surface area contributed by atoms with Gasteiger partial charge in [-0.2, -0.15) is 0 Å². The summed E-state index contributed by atoms with van der Waals surface area (Å²) in [5.74, 6) is 0.00401. The number of carbonyl (C=O) groups is 2. The van der Waals surface area contributed by atoms with E-state index in [1.54, 1.807) is 30.9 Å². The van der Waals surface area contributed by atoms with Crippen LogP contribution in [0, 0.1) is 0 Å². The number of anilines is 1. The number of rotatable bonds is 3. The maximum absolute atomic E-state index is 12.3. The standard InChI is InChI=1S/C19H16N4O3/c1-26-19(25)13-6-4-12(5-7-13)15-9-16(24)22-18-17(15)21-11-23(18)14-3-2-8-20-10-14/h2-8,10-11,15H,9H2,1H3,(H,22,24)/t15-/m1/s1. The molecule has 1 amide bonds. The zero-order valence-corrected chi connectivity index (χ0v) is 14.0. The Kier molecular flexibility index (Phi) is 3.96. The van der Waals surface area contributed by atoms with E-state index in [4.69, 9.17) is 4.74 Å². The summed E-state index contributed by atoms with van der Waals surface area (Å²) >= 11 is 0. The van der Waals surface area contributed by atoms with Gasteiger partial charge in [-0.05, 0) is 29.8 Å². The third-order valence-electron chi connectivity index (χ3n) is 4.43. The van der Waals surface area contributed by atoms with Gasteiger partial charge in [0.15, 0.2) is 0 Å². The molecule has 7 heteroatoms. The minimum atomic E-state index is -0.389. The van der Waals surface area contributed by atoms with Gasteiger partial charge in [0.1, 0.15) is 12.1 Å². The molecule has 0 radical (unpaired) electrons. The van der Waals surface area contributed by atoms with Crippen molar-refractivity contribution < 1.29 is 14.3 Å². The quantitative estimate of drug-likeness (QED) is 0.735. The molecule has 3 heterocycles. The van der Waals surface area contributed by atoms with Crippen LogP contribution in [-0.2, 0) is 9.53 Å². The Bertz CT molecular complexity index is 964. The molecule has 7 nitrogen and oxygen atoms in total. The molecule has 0 bridgehead atoms. The van der Waals surface area contributed by atoms with Gasteiger partial charge < -0.3 is 10.1 Å². The smallest absolute Gasteiger partial charge is 0.337 e. The van der Waals surface area contributed by atoms with Crippen LogP contribution in [0.4, 0.5) is 5.82 Å². The van der Waals surface area contributed by atoms with Crippen LogP contribution in [0.5, 0.6) is 0 Å². The van der Waals surface area contributed by atoms with Crippen molar-refractivity contribution >= 4 is 17.7 Å². The highest BCUT2D eigenvalue weighted by Crippen LogP contribution is 2.37. The van der Waals surface area contributed by atoms with Crippen molar-refractivity contribution in [3.63, 3.8) is 0 Å². The zero-order valence-electron chi connectivity index (χ0n) is 14.0. The Hall–Kier alpha value is -3.48. The lowest BCUT2D eigenvalue weighted by atomic mass is 9.89. The summed E-state index contributed by atoms with van der Waals surface area (Å²) in [6.45, 7) is 0. The van der Waals surface area contributed by atoms with Crippen molar-refractivity contribution in [3.05, 3.63) is 71.9 Å². The molecule has 130 valence electrons. The molecule has 0 spiro atoms. The number of hydrogen-bond acceptors (Lipinski definition) is 5. The summed E-state index contributed by atoms with van der Waals surface area (Å²) in [7, 11) is 1.35. The van der Waals surface area contributed by atoms with E-state index in [9.17, 15) is 9.59 Å². The number of carbonyl (C=O) groups excluding carboxylic acids is 2. The first-order valence-electron chi connectivity index (χ1n) is 8.13. The molecule has 0 unspecified atom stereocenters. The van der Waals surface area contributed by atoms with E-state index >= 15 is 0 Å². The molecule has 0 saturated carbocycles. The van der Waals surface area contributed by atoms with E-state index in [0.29, 0.717) is 17.8 Å². The van der Waals surface area contributed by atoms with Gasteiger partial charge in [0.2, 0.25) is 5.91 Å². The SMILES string of the molecule is COC(=O)c1ccc([C@H]2CC(=O)Nc3c2ncn3-c2cccnc2)cc1. The van der Waals surface area contributed by atoms with Gasteiger partial charge >= 0.3 is 5.97 Å². The number of hydrogen-bond donors (Lipinski definition) is 1. The molecule has 1 atom stereocenters. The Balaban J connectivity index is 1.73. The molecule has 1 aromatic carbocycles. The Morgan fingerprint density at radius 2 is 2.08 bits per heavy atom.